The first kappa shape index (κ1) is 14.7. The molecule has 1 nitrogen and oxygen atoms in total. The fourth-order valence-electron chi connectivity index (χ4n) is 2.07. The van der Waals surface area contributed by atoms with Gasteiger partial charge in [0.05, 0.1) is 0 Å². The summed E-state index contributed by atoms with van der Waals surface area (Å²) in [6, 6.07) is 13.3. The molecule has 0 saturated carbocycles. The molecule has 19 heavy (non-hydrogen) atoms. The molecule has 0 amide bonds. The molecule has 100 valence electrons. The molecule has 1 atom stereocenters. The molecule has 4 heteroatoms. The summed E-state index contributed by atoms with van der Waals surface area (Å²) in [6.07, 6.45) is 0.739. The molecule has 0 aliphatic rings. The van der Waals surface area contributed by atoms with Gasteiger partial charge >= 0.3 is 0 Å². The maximum atomic E-state index is 13.4. The van der Waals surface area contributed by atoms with Crippen LogP contribution in [0.15, 0.2) is 51.4 Å². The van der Waals surface area contributed by atoms with E-state index < -0.39 is 0 Å². The molecule has 0 bridgehead atoms. The van der Waals surface area contributed by atoms with Crippen LogP contribution in [0.1, 0.15) is 17.2 Å². The third-order valence-corrected chi connectivity index (χ3v) is 3.91. The van der Waals surface area contributed by atoms with Crippen LogP contribution in [0.3, 0.4) is 0 Å². The molecular weight excluding hydrogens is 373 g/mol. The Morgan fingerprint density at radius 1 is 1.11 bits per heavy atom. The average Bonchev–Trinajstić information content (AvgIpc) is 2.34. The van der Waals surface area contributed by atoms with E-state index in [9.17, 15) is 4.39 Å². The van der Waals surface area contributed by atoms with E-state index in [0.717, 1.165) is 20.9 Å². The molecule has 0 aliphatic heterocycles. The van der Waals surface area contributed by atoms with Gasteiger partial charge in [-0.2, -0.15) is 0 Å². The van der Waals surface area contributed by atoms with Crippen molar-refractivity contribution in [2.75, 3.05) is 7.05 Å². The quantitative estimate of drug-likeness (QED) is 0.791. The molecule has 1 unspecified atom stereocenters. The van der Waals surface area contributed by atoms with Gasteiger partial charge in [0.1, 0.15) is 5.82 Å². The summed E-state index contributed by atoms with van der Waals surface area (Å²) < 4.78 is 15.2. The summed E-state index contributed by atoms with van der Waals surface area (Å²) in [5.74, 6) is -0.214. The second kappa shape index (κ2) is 6.64. The lowest BCUT2D eigenvalue weighted by molar-refractivity contribution is 0.583. The predicted octanol–water partition coefficient (Wildman–Crippen LogP) is 4.85. The first-order chi connectivity index (χ1) is 9.08. The molecule has 0 saturated heterocycles. The molecule has 2 aromatic rings. The molecule has 1 N–H and O–H groups in total. The van der Waals surface area contributed by atoms with Gasteiger partial charge in [-0.05, 0) is 54.9 Å². The van der Waals surface area contributed by atoms with Crippen molar-refractivity contribution in [2.45, 2.75) is 12.5 Å². The van der Waals surface area contributed by atoms with Crippen LogP contribution in [0.4, 0.5) is 4.39 Å². The van der Waals surface area contributed by atoms with Crippen LogP contribution in [0.25, 0.3) is 0 Å². The van der Waals surface area contributed by atoms with Crippen molar-refractivity contribution >= 4 is 31.9 Å². The number of hydrogen-bond donors (Lipinski definition) is 1. The van der Waals surface area contributed by atoms with Gasteiger partial charge in [-0.15, -0.1) is 0 Å². The minimum absolute atomic E-state index is 0.159. The molecule has 2 rings (SSSR count). The van der Waals surface area contributed by atoms with Crippen LogP contribution in [0.5, 0.6) is 0 Å². The lowest BCUT2D eigenvalue weighted by atomic mass is 9.99. The van der Waals surface area contributed by atoms with E-state index in [-0.39, 0.29) is 11.9 Å². The molecule has 0 radical (unpaired) electrons. The van der Waals surface area contributed by atoms with E-state index >= 15 is 0 Å². The van der Waals surface area contributed by atoms with Gasteiger partial charge in [-0.3, -0.25) is 0 Å². The molecule has 0 fully saturated rings. The minimum atomic E-state index is -0.214. The SMILES string of the molecule is CNC(Cc1cc(F)cc(Br)c1)c1cccc(Br)c1. The molecule has 0 spiro atoms. The van der Waals surface area contributed by atoms with E-state index in [4.69, 9.17) is 0 Å². The Labute approximate surface area is 129 Å². The third kappa shape index (κ3) is 4.13. The highest BCUT2D eigenvalue weighted by Gasteiger charge is 2.11. The maximum Gasteiger partial charge on any atom is 0.124 e. The van der Waals surface area contributed by atoms with Crippen LogP contribution in [-0.4, -0.2) is 7.05 Å². The van der Waals surface area contributed by atoms with Gasteiger partial charge < -0.3 is 5.32 Å². The van der Waals surface area contributed by atoms with E-state index in [1.54, 1.807) is 6.07 Å². The fourth-order valence-corrected chi connectivity index (χ4v) is 3.00. The number of benzene rings is 2. The Morgan fingerprint density at radius 3 is 2.53 bits per heavy atom. The largest absolute Gasteiger partial charge is 0.313 e. The lowest BCUT2D eigenvalue weighted by Gasteiger charge is -2.17. The highest BCUT2D eigenvalue weighted by atomic mass is 79.9. The van der Waals surface area contributed by atoms with Crippen LogP contribution in [-0.2, 0) is 6.42 Å². The van der Waals surface area contributed by atoms with Gasteiger partial charge in [0.2, 0.25) is 0 Å². The maximum absolute atomic E-state index is 13.4. The zero-order chi connectivity index (χ0) is 13.8. The summed E-state index contributed by atoms with van der Waals surface area (Å²) in [6.45, 7) is 0. The standard InChI is InChI=1S/C15H14Br2FN/c1-19-15(11-3-2-4-12(16)8-11)7-10-5-13(17)9-14(18)6-10/h2-6,8-9,15,19H,7H2,1H3. The summed E-state index contributed by atoms with van der Waals surface area (Å²) in [7, 11) is 1.92. The van der Waals surface area contributed by atoms with Crippen LogP contribution >= 0.6 is 31.9 Å². The number of hydrogen-bond acceptors (Lipinski definition) is 1. The minimum Gasteiger partial charge on any atom is -0.313 e. The highest BCUT2D eigenvalue weighted by Crippen LogP contribution is 2.23. The van der Waals surface area contributed by atoms with Gasteiger partial charge in [0, 0.05) is 15.0 Å². The first-order valence-electron chi connectivity index (χ1n) is 5.96. The van der Waals surface area contributed by atoms with E-state index in [1.165, 1.54) is 11.6 Å². The Bertz CT molecular complexity index is 552. The second-order valence-electron chi connectivity index (χ2n) is 4.38. The van der Waals surface area contributed by atoms with Crippen molar-refractivity contribution in [1.29, 1.82) is 0 Å². The number of rotatable bonds is 4. The van der Waals surface area contributed by atoms with Crippen molar-refractivity contribution < 1.29 is 4.39 Å². The monoisotopic (exact) mass is 385 g/mol. The number of likely N-dealkylation sites (N-methyl/N-ethyl adjacent to an activating group) is 1. The van der Waals surface area contributed by atoms with E-state index in [0.29, 0.717) is 0 Å². The van der Waals surface area contributed by atoms with Crippen molar-refractivity contribution in [3.05, 3.63) is 68.4 Å². The Balaban J connectivity index is 2.23. The zero-order valence-corrected chi connectivity index (χ0v) is 13.6. The molecule has 0 heterocycles. The molecule has 0 aliphatic carbocycles. The van der Waals surface area contributed by atoms with Crippen molar-refractivity contribution in [2.24, 2.45) is 0 Å². The number of nitrogens with one attached hydrogen (secondary N) is 1. The molecule has 0 aromatic heterocycles. The third-order valence-electron chi connectivity index (χ3n) is 2.96. The topological polar surface area (TPSA) is 12.0 Å². The predicted molar refractivity (Wildman–Crippen MR) is 83.7 cm³/mol. The molecule has 2 aromatic carbocycles. The smallest absolute Gasteiger partial charge is 0.124 e. The summed E-state index contributed by atoms with van der Waals surface area (Å²) in [5, 5.41) is 3.27. The first-order valence-corrected chi connectivity index (χ1v) is 7.55. The van der Waals surface area contributed by atoms with Crippen LogP contribution < -0.4 is 5.32 Å². The normalized spacial score (nSPS) is 12.4. The van der Waals surface area contributed by atoms with Gasteiger partial charge in [-0.1, -0.05) is 44.0 Å². The Kier molecular flexibility index (Phi) is 5.13. The zero-order valence-electron chi connectivity index (χ0n) is 10.5. The van der Waals surface area contributed by atoms with Crippen molar-refractivity contribution in [3.63, 3.8) is 0 Å². The van der Waals surface area contributed by atoms with Gasteiger partial charge in [0.15, 0.2) is 0 Å². The average molecular weight is 387 g/mol. The van der Waals surface area contributed by atoms with Crippen molar-refractivity contribution in [1.82, 2.24) is 5.32 Å². The summed E-state index contributed by atoms with van der Waals surface area (Å²) in [4.78, 5) is 0. The van der Waals surface area contributed by atoms with Crippen molar-refractivity contribution in [3.8, 4) is 0 Å². The highest BCUT2D eigenvalue weighted by molar-refractivity contribution is 9.10. The molecular formula is C15H14Br2FN. The van der Waals surface area contributed by atoms with E-state index in [1.807, 2.05) is 25.2 Å². The lowest BCUT2D eigenvalue weighted by Crippen LogP contribution is -2.18. The number of halogens is 3. The van der Waals surface area contributed by atoms with Crippen LogP contribution in [0.2, 0.25) is 0 Å². The fraction of sp³-hybridized carbons (Fsp3) is 0.200. The van der Waals surface area contributed by atoms with Gasteiger partial charge in [0.25, 0.3) is 0 Å². The summed E-state index contributed by atoms with van der Waals surface area (Å²) >= 11 is 6.80. The second-order valence-corrected chi connectivity index (χ2v) is 6.21. The Hall–Kier alpha value is -0.710. The van der Waals surface area contributed by atoms with Gasteiger partial charge in [-0.25, -0.2) is 4.39 Å². The Morgan fingerprint density at radius 2 is 1.89 bits per heavy atom. The summed E-state index contributed by atoms with van der Waals surface area (Å²) in [5.41, 5.74) is 2.14. The van der Waals surface area contributed by atoms with E-state index in [2.05, 4.69) is 49.3 Å². The van der Waals surface area contributed by atoms with Crippen LogP contribution in [0, 0.1) is 5.82 Å².